The molecule has 0 unspecified atom stereocenters. The number of nitrogens with one attached hydrogen (secondary N) is 1. The van der Waals surface area contributed by atoms with Crippen molar-refractivity contribution in [3.63, 3.8) is 0 Å². The van der Waals surface area contributed by atoms with Gasteiger partial charge >= 0.3 is 0 Å². The number of anilines is 1. The maximum Gasteiger partial charge on any atom is 0.243 e. The largest absolute Gasteiger partial charge is 0.326 e. The predicted octanol–water partition coefficient (Wildman–Crippen LogP) is 4.12. The van der Waals surface area contributed by atoms with Crippen LogP contribution < -0.4 is 5.32 Å². The van der Waals surface area contributed by atoms with E-state index >= 15 is 0 Å². The van der Waals surface area contributed by atoms with Crippen LogP contribution in [-0.2, 0) is 14.8 Å². The van der Waals surface area contributed by atoms with E-state index in [0.717, 1.165) is 36.1 Å². The van der Waals surface area contributed by atoms with E-state index in [-0.39, 0.29) is 5.91 Å². The third kappa shape index (κ3) is 5.00. The van der Waals surface area contributed by atoms with Crippen molar-refractivity contribution in [1.82, 2.24) is 4.31 Å². The smallest absolute Gasteiger partial charge is 0.243 e. The van der Waals surface area contributed by atoms with E-state index in [1.165, 1.54) is 0 Å². The molecule has 0 bridgehead atoms. The molecule has 1 aliphatic heterocycles. The molecule has 0 aromatic heterocycles. The monoisotopic (exact) mass is 400 g/mol. The molecular weight excluding hydrogens is 372 g/mol. The van der Waals surface area contributed by atoms with Crippen molar-refractivity contribution >= 4 is 21.6 Å². The number of piperidine rings is 1. The normalized spacial score (nSPS) is 16.1. The van der Waals surface area contributed by atoms with Gasteiger partial charge in [-0.05, 0) is 68.4 Å². The zero-order valence-electron chi connectivity index (χ0n) is 16.5. The summed E-state index contributed by atoms with van der Waals surface area (Å²) >= 11 is 0. The van der Waals surface area contributed by atoms with Crippen molar-refractivity contribution in [3.8, 4) is 0 Å². The Kier molecular flexibility index (Phi) is 6.52. The highest BCUT2D eigenvalue weighted by atomic mass is 32.2. The number of rotatable bonds is 6. The van der Waals surface area contributed by atoms with Gasteiger partial charge in [-0.15, -0.1) is 0 Å². The average molecular weight is 401 g/mol. The Morgan fingerprint density at radius 3 is 2.46 bits per heavy atom. The van der Waals surface area contributed by atoms with Crippen LogP contribution >= 0.6 is 0 Å². The second kappa shape index (κ2) is 8.88. The highest BCUT2D eigenvalue weighted by molar-refractivity contribution is 7.89. The van der Waals surface area contributed by atoms with Gasteiger partial charge in [-0.3, -0.25) is 4.79 Å². The number of nitrogens with zero attached hydrogens (tertiary/aromatic N) is 1. The Hall–Kier alpha value is -2.18. The van der Waals surface area contributed by atoms with E-state index in [4.69, 9.17) is 0 Å². The van der Waals surface area contributed by atoms with Crippen molar-refractivity contribution in [1.29, 1.82) is 0 Å². The minimum absolute atomic E-state index is 0.0144. The number of sulfonamides is 1. The van der Waals surface area contributed by atoms with Gasteiger partial charge in [0.2, 0.25) is 15.9 Å². The molecule has 0 spiro atoms. The number of benzene rings is 2. The first-order valence-electron chi connectivity index (χ1n) is 9.78. The minimum atomic E-state index is -3.44. The summed E-state index contributed by atoms with van der Waals surface area (Å²) in [7, 11) is -3.44. The number of carbonyl (C=O) groups excluding carboxylic acids is 1. The number of hydrogen-bond donors (Lipinski definition) is 1. The summed E-state index contributed by atoms with van der Waals surface area (Å²) < 4.78 is 27.3. The standard InChI is InChI=1S/C22H28N2O3S/c1-17-6-5-8-20(16-17)23-22(25)11-10-19-12-14-24(15-13-19)28(26,27)21-9-4-3-7-18(21)2/h3-9,16,19H,10-15H2,1-2H3,(H,23,25). The molecule has 2 aromatic carbocycles. The zero-order valence-corrected chi connectivity index (χ0v) is 17.3. The molecule has 1 fully saturated rings. The molecule has 150 valence electrons. The molecular formula is C22H28N2O3S. The summed E-state index contributed by atoms with van der Waals surface area (Å²) in [5.74, 6) is 0.396. The molecule has 0 radical (unpaired) electrons. The van der Waals surface area contributed by atoms with Crippen LogP contribution in [0.25, 0.3) is 0 Å². The van der Waals surface area contributed by atoms with E-state index in [1.807, 2.05) is 50.2 Å². The average Bonchev–Trinajstić information content (AvgIpc) is 2.67. The molecule has 0 saturated carbocycles. The lowest BCUT2D eigenvalue weighted by Crippen LogP contribution is -2.38. The first-order chi connectivity index (χ1) is 13.4. The van der Waals surface area contributed by atoms with Crippen LogP contribution in [-0.4, -0.2) is 31.7 Å². The van der Waals surface area contributed by atoms with Crippen molar-refractivity contribution < 1.29 is 13.2 Å². The molecule has 2 aromatic rings. The molecule has 1 N–H and O–H groups in total. The summed E-state index contributed by atoms with van der Waals surface area (Å²) in [4.78, 5) is 12.6. The van der Waals surface area contributed by atoms with Gasteiger partial charge in [-0.1, -0.05) is 30.3 Å². The molecule has 1 heterocycles. The molecule has 1 saturated heterocycles. The van der Waals surface area contributed by atoms with E-state index in [1.54, 1.807) is 16.4 Å². The van der Waals surface area contributed by atoms with Gasteiger partial charge in [-0.25, -0.2) is 8.42 Å². The van der Waals surface area contributed by atoms with E-state index < -0.39 is 10.0 Å². The Morgan fingerprint density at radius 2 is 1.79 bits per heavy atom. The quantitative estimate of drug-likeness (QED) is 0.793. The van der Waals surface area contributed by atoms with Gasteiger partial charge in [0.1, 0.15) is 0 Å². The van der Waals surface area contributed by atoms with Gasteiger partial charge in [0, 0.05) is 25.2 Å². The summed E-state index contributed by atoms with van der Waals surface area (Å²) in [6.45, 7) is 4.85. The topological polar surface area (TPSA) is 66.5 Å². The van der Waals surface area contributed by atoms with Crippen LogP contribution in [0.5, 0.6) is 0 Å². The Morgan fingerprint density at radius 1 is 1.07 bits per heavy atom. The molecule has 1 aliphatic rings. The summed E-state index contributed by atoms with van der Waals surface area (Å²) in [5, 5.41) is 2.94. The third-order valence-electron chi connectivity index (χ3n) is 5.37. The maximum absolute atomic E-state index is 12.9. The van der Waals surface area contributed by atoms with E-state index in [9.17, 15) is 13.2 Å². The molecule has 5 nitrogen and oxygen atoms in total. The van der Waals surface area contributed by atoms with Crippen LogP contribution in [0.3, 0.4) is 0 Å². The fourth-order valence-corrected chi connectivity index (χ4v) is 5.40. The SMILES string of the molecule is Cc1cccc(NC(=O)CCC2CCN(S(=O)(=O)c3ccccc3C)CC2)c1. The van der Waals surface area contributed by atoms with Crippen LogP contribution in [0.4, 0.5) is 5.69 Å². The third-order valence-corrected chi connectivity index (χ3v) is 7.43. The van der Waals surface area contributed by atoms with Gasteiger partial charge in [0.15, 0.2) is 0 Å². The molecule has 28 heavy (non-hydrogen) atoms. The number of amides is 1. The predicted molar refractivity (Wildman–Crippen MR) is 112 cm³/mol. The highest BCUT2D eigenvalue weighted by Gasteiger charge is 2.30. The summed E-state index contributed by atoms with van der Waals surface area (Å²) in [6.07, 6.45) is 2.84. The zero-order chi connectivity index (χ0) is 20.1. The lowest BCUT2D eigenvalue weighted by Gasteiger charge is -2.31. The summed E-state index contributed by atoms with van der Waals surface area (Å²) in [5.41, 5.74) is 2.71. The highest BCUT2D eigenvalue weighted by Crippen LogP contribution is 2.27. The van der Waals surface area contributed by atoms with Gasteiger partial charge in [-0.2, -0.15) is 4.31 Å². The van der Waals surface area contributed by atoms with E-state index in [0.29, 0.717) is 30.3 Å². The van der Waals surface area contributed by atoms with Crippen molar-refractivity contribution in [2.24, 2.45) is 5.92 Å². The fraction of sp³-hybridized carbons (Fsp3) is 0.409. The molecule has 0 aliphatic carbocycles. The minimum Gasteiger partial charge on any atom is -0.326 e. The van der Waals surface area contributed by atoms with Crippen molar-refractivity contribution in [2.75, 3.05) is 18.4 Å². The first-order valence-corrected chi connectivity index (χ1v) is 11.2. The van der Waals surface area contributed by atoms with Crippen molar-refractivity contribution in [2.45, 2.75) is 44.4 Å². The Balaban J connectivity index is 1.49. The van der Waals surface area contributed by atoms with Crippen LogP contribution in [0.2, 0.25) is 0 Å². The second-order valence-electron chi connectivity index (χ2n) is 7.57. The number of carbonyl (C=O) groups is 1. The Bertz CT molecular complexity index is 932. The van der Waals surface area contributed by atoms with Gasteiger partial charge in [0.25, 0.3) is 0 Å². The van der Waals surface area contributed by atoms with E-state index in [2.05, 4.69) is 5.32 Å². The molecule has 1 amide bonds. The maximum atomic E-state index is 12.9. The molecule has 0 atom stereocenters. The van der Waals surface area contributed by atoms with Gasteiger partial charge in [0.05, 0.1) is 4.90 Å². The van der Waals surface area contributed by atoms with Crippen LogP contribution in [0, 0.1) is 19.8 Å². The van der Waals surface area contributed by atoms with Crippen LogP contribution in [0.15, 0.2) is 53.4 Å². The number of hydrogen-bond acceptors (Lipinski definition) is 3. The van der Waals surface area contributed by atoms with Crippen molar-refractivity contribution in [3.05, 3.63) is 59.7 Å². The Labute approximate surface area is 167 Å². The second-order valence-corrected chi connectivity index (χ2v) is 9.48. The molecule has 6 heteroatoms. The number of aryl methyl sites for hydroxylation is 2. The lowest BCUT2D eigenvalue weighted by atomic mass is 9.93. The first kappa shape index (κ1) is 20.6. The molecule has 3 rings (SSSR count). The fourth-order valence-electron chi connectivity index (χ4n) is 3.70. The van der Waals surface area contributed by atoms with Crippen LogP contribution in [0.1, 0.15) is 36.8 Å². The summed E-state index contributed by atoms with van der Waals surface area (Å²) in [6, 6.07) is 14.9. The van der Waals surface area contributed by atoms with Gasteiger partial charge < -0.3 is 5.32 Å². The lowest BCUT2D eigenvalue weighted by molar-refractivity contribution is -0.116.